The first-order chi connectivity index (χ1) is 8.24. The third kappa shape index (κ3) is 2.98. The van der Waals surface area contributed by atoms with Crippen molar-refractivity contribution in [3.8, 4) is 11.8 Å². The van der Waals surface area contributed by atoms with Gasteiger partial charge in [0, 0.05) is 0 Å². The summed E-state index contributed by atoms with van der Waals surface area (Å²) >= 11 is 0. The van der Waals surface area contributed by atoms with Crippen molar-refractivity contribution < 1.29 is 4.74 Å². The van der Waals surface area contributed by atoms with E-state index in [0.717, 1.165) is 29.3 Å². The third-order valence-corrected chi connectivity index (χ3v) is 3.19. The lowest BCUT2D eigenvalue weighted by Crippen LogP contribution is -2.22. The first kappa shape index (κ1) is 11.9. The predicted molar refractivity (Wildman–Crippen MR) is 66.8 cm³/mol. The molecule has 0 bridgehead atoms. The minimum absolute atomic E-state index is 0.208. The summed E-state index contributed by atoms with van der Waals surface area (Å²) in [6, 6.07) is 8.01. The van der Waals surface area contributed by atoms with E-state index >= 15 is 0 Å². The highest BCUT2D eigenvalue weighted by atomic mass is 16.5. The summed E-state index contributed by atoms with van der Waals surface area (Å²) < 4.78 is 5.22. The molecule has 1 fully saturated rings. The molecule has 0 radical (unpaired) electrons. The fourth-order valence-corrected chi connectivity index (χ4v) is 1.93. The lowest BCUT2D eigenvalue weighted by Gasteiger charge is -2.13. The zero-order valence-electron chi connectivity index (χ0n) is 10.4. The van der Waals surface area contributed by atoms with Gasteiger partial charge in [0.25, 0.3) is 0 Å². The second kappa shape index (κ2) is 5.20. The normalized spacial score (nSPS) is 16.3. The molecule has 3 nitrogen and oxygen atoms in total. The first-order valence-electron chi connectivity index (χ1n) is 6.02. The molecule has 0 amide bonds. The average Bonchev–Trinajstić information content (AvgIpc) is 3.14. The molecule has 1 aromatic rings. The molecule has 1 N–H and O–H groups in total. The summed E-state index contributed by atoms with van der Waals surface area (Å²) in [6.07, 6.45) is 2.60. The molecule has 1 aromatic carbocycles. The van der Waals surface area contributed by atoms with Crippen molar-refractivity contribution in [1.82, 2.24) is 5.32 Å². The van der Waals surface area contributed by atoms with Crippen LogP contribution in [-0.4, -0.2) is 13.7 Å². The fourth-order valence-electron chi connectivity index (χ4n) is 1.93. The zero-order chi connectivity index (χ0) is 12.3. The van der Waals surface area contributed by atoms with E-state index in [4.69, 9.17) is 4.74 Å². The van der Waals surface area contributed by atoms with Crippen LogP contribution in [0.4, 0.5) is 0 Å². The molecule has 1 aliphatic carbocycles. The van der Waals surface area contributed by atoms with E-state index in [9.17, 15) is 5.26 Å². The Kier molecular flexibility index (Phi) is 3.65. The Morgan fingerprint density at radius 1 is 1.53 bits per heavy atom. The molecule has 3 heteroatoms. The second-order valence-electron chi connectivity index (χ2n) is 4.64. The summed E-state index contributed by atoms with van der Waals surface area (Å²) in [5.41, 5.74) is 2.09. The average molecular weight is 230 g/mol. The van der Waals surface area contributed by atoms with Crippen molar-refractivity contribution in [2.75, 3.05) is 13.7 Å². The van der Waals surface area contributed by atoms with E-state index in [1.807, 2.05) is 25.1 Å². The quantitative estimate of drug-likeness (QED) is 0.845. The van der Waals surface area contributed by atoms with Crippen molar-refractivity contribution in [2.45, 2.75) is 25.8 Å². The molecule has 0 aliphatic heterocycles. The third-order valence-electron chi connectivity index (χ3n) is 3.19. The summed E-state index contributed by atoms with van der Waals surface area (Å²) in [5, 5.41) is 12.5. The molecule has 2 rings (SSSR count). The van der Waals surface area contributed by atoms with Gasteiger partial charge in [-0.15, -0.1) is 0 Å². The van der Waals surface area contributed by atoms with Crippen LogP contribution in [0.15, 0.2) is 18.2 Å². The molecule has 17 heavy (non-hydrogen) atoms. The standard InChI is InChI=1S/C14H18N2O/c1-10-7-12(5-6-14(10)17-2)13(8-15)16-9-11-3-4-11/h5-7,11,13,16H,3-4,9H2,1-2H3. The predicted octanol–water partition coefficient (Wildman–Crippen LogP) is 2.57. The maximum absolute atomic E-state index is 9.19. The Balaban J connectivity index is 2.07. The van der Waals surface area contributed by atoms with E-state index < -0.39 is 0 Å². The van der Waals surface area contributed by atoms with E-state index in [0.29, 0.717) is 0 Å². The highest BCUT2D eigenvalue weighted by molar-refractivity contribution is 5.38. The Bertz CT molecular complexity index is 432. The number of rotatable bonds is 5. The van der Waals surface area contributed by atoms with Crippen molar-refractivity contribution in [2.24, 2.45) is 5.92 Å². The number of hydrogen-bond donors (Lipinski definition) is 1. The van der Waals surface area contributed by atoms with Crippen LogP contribution in [0.3, 0.4) is 0 Å². The van der Waals surface area contributed by atoms with Gasteiger partial charge in [-0.25, -0.2) is 0 Å². The van der Waals surface area contributed by atoms with Crippen LogP contribution in [0.5, 0.6) is 5.75 Å². The van der Waals surface area contributed by atoms with Crippen molar-refractivity contribution >= 4 is 0 Å². The number of nitriles is 1. The lowest BCUT2D eigenvalue weighted by atomic mass is 10.0. The number of nitrogens with zero attached hydrogens (tertiary/aromatic N) is 1. The van der Waals surface area contributed by atoms with Crippen molar-refractivity contribution in [3.63, 3.8) is 0 Å². The number of methoxy groups -OCH3 is 1. The summed E-state index contributed by atoms with van der Waals surface area (Å²) in [4.78, 5) is 0. The molecule has 0 heterocycles. The smallest absolute Gasteiger partial charge is 0.121 e. The van der Waals surface area contributed by atoms with Gasteiger partial charge >= 0.3 is 0 Å². The highest BCUT2D eigenvalue weighted by Crippen LogP contribution is 2.29. The summed E-state index contributed by atoms with van der Waals surface area (Å²) in [5.74, 6) is 1.65. The molecular weight excluding hydrogens is 212 g/mol. The fraction of sp³-hybridized carbons (Fsp3) is 0.500. The van der Waals surface area contributed by atoms with Gasteiger partial charge in [-0.1, -0.05) is 6.07 Å². The monoisotopic (exact) mass is 230 g/mol. The van der Waals surface area contributed by atoms with Crippen LogP contribution in [0, 0.1) is 24.2 Å². The summed E-state index contributed by atoms with van der Waals surface area (Å²) in [6.45, 7) is 2.95. The van der Waals surface area contributed by atoms with Gasteiger partial charge in [0.2, 0.25) is 0 Å². The number of benzene rings is 1. The zero-order valence-corrected chi connectivity index (χ0v) is 10.4. The number of aryl methyl sites for hydroxylation is 1. The van der Waals surface area contributed by atoms with Gasteiger partial charge in [-0.3, -0.25) is 5.32 Å². The van der Waals surface area contributed by atoms with Crippen molar-refractivity contribution in [1.29, 1.82) is 5.26 Å². The van der Waals surface area contributed by atoms with Gasteiger partial charge in [0.05, 0.1) is 13.2 Å². The lowest BCUT2D eigenvalue weighted by molar-refractivity contribution is 0.411. The van der Waals surface area contributed by atoms with E-state index in [-0.39, 0.29) is 6.04 Å². The van der Waals surface area contributed by atoms with E-state index in [2.05, 4.69) is 11.4 Å². The van der Waals surface area contributed by atoms with Gasteiger partial charge in [-0.05, 0) is 55.5 Å². The molecule has 0 saturated heterocycles. The molecule has 0 aromatic heterocycles. The van der Waals surface area contributed by atoms with Gasteiger partial charge in [-0.2, -0.15) is 5.26 Å². The van der Waals surface area contributed by atoms with Gasteiger partial charge in [0.15, 0.2) is 0 Å². The molecular formula is C14H18N2O. The summed E-state index contributed by atoms with van der Waals surface area (Å²) in [7, 11) is 1.66. The van der Waals surface area contributed by atoms with Crippen LogP contribution in [0.25, 0.3) is 0 Å². The second-order valence-corrected chi connectivity index (χ2v) is 4.64. The Hall–Kier alpha value is -1.53. The molecule has 0 spiro atoms. The maximum Gasteiger partial charge on any atom is 0.121 e. The molecule has 1 aliphatic rings. The first-order valence-corrected chi connectivity index (χ1v) is 6.02. The maximum atomic E-state index is 9.19. The number of nitrogens with one attached hydrogen (secondary N) is 1. The number of ether oxygens (including phenoxy) is 1. The van der Waals surface area contributed by atoms with Crippen LogP contribution in [0.2, 0.25) is 0 Å². The SMILES string of the molecule is COc1ccc(C(C#N)NCC2CC2)cc1C. The highest BCUT2D eigenvalue weighted by Gasteiger charge is 2.22. The van der Waals surface area contributed by atoms with E-state index in [1.165, 1.54) is 12.8 Å². The minimum Gasteiger partial charge on any atom is -0.496 e. The van der Waals surface area contributed by atoms with Crippen LogP contribution in [-0.2, 0) is 0 Å². The Morgan fingerprint density at radius 2 is 2.29 bits per heavy atom. The molecule has 1 unspecified atom stereocenters. The van der Waals surface area contributed by atoms with Crippen LogP contribution < -0.4 is 10.1 Å². The topological polar surface area (TPSA) is 45.0 Å². The van der Waals surface area contributed by atoms with E-state index in [1.54, 1.807) is 7.11 Å². The molecule has 1 atom stereocenters. The van der Waals surface area contributed by atoms with Crippen molar-refractivity contribution in [3.05, 3.63) is 29.3 Å². The molecule has 1 saturated carbocycles. The minimum atomic E-state index is -0.208. The molecule has 90 valence electrons. The Labute approximate surface area is 102 Å². The number of hydrogen-bond acceptors (Lipinski definition) is 3. The van der Waals surface area contributed by atoms with Crippen LogP contribution >= 0.6 is 0 Å². The Morgan fingerprint density at radius 3 is 2.82 bits per heavy atom. The van der Waals surface area contributed by atoms with Gasteiger partial charge < -0.3 is 4.74 Å². The van der Waals surface area contributed by atoms with Crippen LogP contribution in [0.1, 0.15) is 30.0 Å². The largest absolute Gasteiger partial charge is 0.496 e. The van der Waals surface area contributed by atoms with Gasteiger partial charge in [0.1, 0.15) is 11.8 Å².